The van der Waals surface area contributed by atoms with E-state index in [2.05, 4.69) is 10.4 Å². The molecule has 0 aliphatic carbocycles. The molecule has 0 aliphatic rings. The summed E-state index contributed by atoms with van der Waals surface area (Å²) < 4.78 is 1.75. The molecule has 24 heavy (non-hydrogen) atoms. The lowest BCUT2D eigenvalue weighted by Crippen LogP contribution is -2.46. The Hall–Kier alpha value is -2.63. The second kappa shape index (κ2) is 6.86. The summed E-state index contributed by atoms with van der Waals surface area (Å²) in [5.41, 5.74) is 2.17. The highest BCUT2D eigenvalue weighted by Gasteiger charge is 2.18. The maximum atomic E-state index is 12.4. The minimum atomic E-state index is -0.315. The predicted molar refractivity (Wildman–Crippen MR) is 93.2 cm³/mol. The summed E-state index contributed by atoms with van der Waals surface area (Å²) in [6.07, 6.45) is 3.69. The number of carbonyl (C=O) groups excluding carboxylic acids is 2. The number of rotatable bonds is 4. The fourth-order valence-corrected chi connectivity index (χ4v) is 2.28. The first-order chi connectivity index (χ1) is 11.2. The molecule has 1 heterocycles. The lowest BCUT2D eigenvalue weighted by atomic mass is 10.1. The molecule has 2 amide bonds. The second-order valence-corrected chi connectivity index (χ2v) is 6.97. The van der Waals surface area contributed by atoms with Crippen molar-refractivity contribution in [2.45, 2.75) is 33.2 Å². The molecule has 6 heteroatoms. The number of benzene rings is 1. The summed E-state index contributed by atoms with van der Waals surface area (Å²) in [7, 11) is 1.62. The molecular formula is C18H24N4O2. The van der Waals surface area contributed by atoms with E-state index in [1.54, 1.807) is 30.1 Å². The Bertz CT molecular complexity index is 726. The molecule has 1 aromatic heterocycles. The van der Waals surface area contributed by atoms with Gasteiger partial charge in [0.15, 0.2) is 0 Å². The van der Waals surface area contributed by atoms with Crippen LogP contribution in [0, 0.1) is 6.92 Å². The van der Waals surface area contributed by atoms with Gasteiger partial charge in [-0.2, -0.15) is 5.10 Å². The average Bonchev–Trinajstić information content (AvgIpc) is 2.91. The van der Waals surface area contributed by atoms with Crippen LogP contribution in [0.1, 0.15) is 36.7 Å². The Balaban J connectivity index is 2.03. The highest BCUT2D eigenvalue weighted by molar-refractivity contribution is 5.96. The molecule has 0 bridgehead atoms. The number of aromatic nitrogens is 2. The lowest BCUT2D eigenvalue weighted by Gasteiger charge is -2.23. The zero-order chi connectivity index (χ0) is 17.9. The van der Waals surface area contributed by atoms with Crippen molar-refractivity contribution >= 4 is 11.8 Å². The lowest BCUT2D eigenvalue weighted by molar-refractivity contribution is -0.122. The van der Waals surface area contributed by atoms with Crippen LogP contribution in [0.15, 0.2) is 36.7 Å². The van der Waals surface area contributed by atoms with Gasteiger partial charge in [-0.15, -0.1) is 0 Å². The number of hydrogen-bond acceptors (Lipinski definition) is 3. The van der Waals surface area contributed by atoms with Gasteiger partial charge in [-0.05, 0) is 57.5 Å². The largest absolute Gasteiger partial charge is 0.350 e. The highest BCUT2D eigenvalue weighted by Crippen LogP contribution is 2.11. The molecule has 0 spiro atoms. The second-order valence-electron chi connectivity index (χ2n) is 6.97. The van der Waals surface area contributed by atoms with Crippen molar-refractivity contribution in [2.75, 3.05) is 13.6 Å². The highest BCUT2D eigenvalue weighted by atomic mass is 16.2. The molecule has 0 fully saturated rings. The molecule has 0 atom stereocenters. The van der Waals surface area contributed by atoms with Crippen LogP contribution in [0.2, 0.25) is 0 Å². The van der Waals surface area contributed by atoms with Gasteiger partial charge in [-0.25, -0.2) is 4.68 Å². The maximum Gasteiger partial charge on any atom is 0.254 e. The zero-order valence-electron chi connectivity index (χ0n) is 14.8. The average molecular weight is 328 g/mol. The van der Waals surface area contributed by atoms with Crippen molar-refractivity contribution in [1.82, 2.24) is 20.0 Å². The SMILES string of the molecule is Cc1cnn(-c2ccc(C(=O)N(C)CC(=O)NC(C)(C)C)cc2)c1. The van der Waals surface area contributed by atoms with E-state index in [0.29, 0.717) is 5.56 Å². The minimum Gasteiger partial charge on any atom is -0.350 e. The number of likely N-dealkylation sites (N-methyl/N-ethyl adjacent to an activating group) is 1. The van der Waals surface area contributed by atoms with Crippen molar-refractivity contribution in [3.8, 4) is 5.69 Å². The summed E-state index contributed by atoms with van der Waals surface area (Å²) in [6, 6.07) is 7.16. The molecule has 0 radical (unpaired) electrons. The zero-order valence-corrected chi connectivity index (χ0v) is 14.8. The molecule has 6 nitrogen and oxygen atoms in total. The van der Waals surface area contributed by atoms with E-state index in [9.17, 15) is 9.59 Å². The Morgan fingerprint density at radius 3 is 2.33 bits per heavy atom. The number of hydrogen-bond donors (Lipinski definition) is 1. The van der Waals surface area contributed by atoms with Gasteiger partial charge in [0.2, 0.25) is 5.91 Å². The molecule has 1 N–H and O–H groups in total. The van der Waals surface area contributed by atoms with Gasteiger partial charge in [0, 0.05) is 24.3 Å². The standard InChI is InChI=1S/C18H24N4O2/c1-13-10-19-22(11-13)15-8-6-14(7-9-15)17(24)21(5)12-16(23)20-18(2,3)4/h6-11H,12H2,1-5H3,(H,20,23). The van der Waals surface area contributed by atoms with Gasteiger partial charge < -0.3 is 10.2 Å². The topological polar surface area (TPSA) is 67.2 Å². The quantitative estimate of drug-likeness (QED) is 0.935. The first-order valence-electron chi connectivity index (χ1n) is 7.84. The van der Waals surface area contributed by atoms with E-state index >= 15 is 0 Å². The number of carbonyl (C=O) groups is 2. The van der Waals surface area contributed by atoms with E-state index < -0.39 is 0 Å². The summed E-state index contributed by atoms with van der Waals surface area (Å²) in [4.78, 5) is 25.8. The molecule has 2 aromatic rings. The molecule has 0 unspecified atom stereocenters. The summed E-state index contributed by atoms with van der Waals surface area (Å²) in [6.45, 7) is 7.71. The third-order valence-electron chi connectivity index (χ3n) is 3.33. The predicted octanol–water partition coefficient (Wildman–Crippen LogP) is 2.17. The van der Waals surface area contributed by atoms with Crippen LogP contribution in [-0.2, 0) is 4.79 Å². The molecule has 128 valence electrons. The van der Waals surface area contributed by atoms with E-state index in [4.69, 9.17) is 0 Å². The summed E-state index contributed by atoms with van der Waals surface area (Å²) in [5, 5.41) is 7.08. The van der Waals surface area contributed by atoms with Gasteiger partial charge >= 0.3 is 0 Å². The van der Waals surface area contributed by atoms with Crippen LogP contribution < -0.4 is 5.32 Å². The Labute approximate surface area is 142 Å². The third kappa shape index (κ3) is 4.68. The number of aryl methyl sites for hydroxylation is 1. The Morgan fingerprint density at radius 2 is 1.83 bits per heavy atom. The molecule has 0 saturated carbocycles. The van der Waals surface area contributed by atoms with E-state index in [-0.39, 0.29) is 23.9 Å². The fraction of sp³-hybridized carbons (Fsp3) is 0.389. The smallest absolute Gasteiger partial charge is 0.254 e. The van der Waals surface area contributed by atoms with Gasteiger partial charge in [0.25, 0.3) is 5.91 Å². The number of nitrogens with zero attached hydrogens (tertiary/aromatic N) is 3. The first-order valence-corrected chi connectivity index (χ1v) is 7.84. The molecular weight excluding hydrogens is 304 g/mol. The van der Waals surface area contributed by atoms with E-state index in [1.807, 2.05) is 46.0 Å². The van der Waals surface area contributed by atoms with Crippen molar-refractivity contribution in [2.24, 2.45) is 0 Å². The molecule has 2 rings (SSSR count). The van der Waals surface area contributed by atoms with Crippen molar-refractivity contribution in [3.63, 3.8) is 0 Å². The van der Waals surface area contributed by atoms with E-state index in [0.717, 1.165) is 11.3 Å². The van der Waals surface area contributed by atoms with Crippen LogP contribution in [0.4, 0.5) is 0 Å². The van der Waals surface area contributed by atoms with Crippen LogP contribution in [0.5, 0.6) is 0 Å². The van der Waals surface area contributed by atoms with Crippen molar-refractivity contribution in [1.29, 1.82) is 0 Å². The first kappa shape index (κ1) is 17.7. The molecule has 0 saturated heterocycles. The summed E-state index contributed by atoms with van der Waals surface area (Å²) >= 11 is 0. The fourth-order valence-electron chi connectivity index (χ4n) is 2.28. The van der Waals surface area contributed by atoms with Crippen molar-refractivity contribution < 1.29 is 9.59 Å². The third-order valence-corrected chi connectivity index (χ3v) is 3.33. The maximum absolute atomic E-state index is 12.4. The summed E-state index contributed by atoms with van der Waals surface area (Å²) in [5.74, 6) is -0.371. The van der Waals surface area contributed by atoms with Gasteiger partial charge in [0.1, 0.15) is 0 Å². The Morgan fingerprint density at radius 1 is 1.21 bits per heavy atom. The monoisotopic (exact) mass is 328 g/mol. The van der Waals surface area contributed by atoms with Gasteiger partial charge in [0.05, 0.1) is 18.4 Å². The van der Waals surface area contributed by atoms with Gasteiger partial charge in [-0.1, -0.05) is 0 Å². The van der Waals surface area contributed by atoms with Crippen LogP contribution in [0.3, 0.4) is 0 Å². The van der Waals surface area contributed by atoms with Crippen LogP contribution >= 0.6 is 0 Å². The molecule has 1 aromatic carbocycles. The van der Waals surface area contributed by atoms with E-state index in [1.165, 1.54) is 4.90 Å². The Kier molecular flexibility index (Phi) is 5.07. The number of amides is 2. The van der Waals surface area contributed by atoms with Gasteiger partial charge in [-0.3, -0.25) is 9.59 Å². The molecule has 0 aliphatic heterocycles. The van der Waals surface area contributed by atoms with Crippen LogP contribution in [0.25, 0.3) is 5.69 Å². The van der Waals surface area contributed by atoms with Crippen LogP contribution in [-0.4, -0.2) is 45.6 Å². The minimum absolute atomic E-state index is 0.0240. The number of nitrogens with one attached hydrogen (secondary N) is 1. The van der Waals surface area contributed by atoms with Crippen molar-refractivity contribution in [3.05, 3.63) is 47.8 Å². The normalized spacial score (nSPS) is 11.2.